The molecular weight excluding hydrogens is 1230 g/mol. The normalized spacial score (nSPS) is 11.3. The molecule has 0 atom stereocenters. The maximum absolute atomic E-state index is 2.37. The van der Waals surface area contributed by atoms with Crippen LogP contribution in [-0.2, 0) is 0 Å². The van der Waals surface area contributed by atoms with Crippen LogP contribution in [0.25, 0.3) is 103 Å². The van der Waals surface area contributed by atoms with E-state index in [0.717, 1.165) is 84.7 Å². The number of rotatable bonds is 17. The zero-order valence-corrected chi connectivity index (χ0v) is 55.2. The van der Waals surface area contributed by atoms with Crippen LogP contribution in [0, 0.1) is 0 Å². The summed E-state index contributed by atoms with van der Waals surface area (Å²) in [4.78, 5) is 12.1. The summed E-state index contributed by atoms with van der Waals surface area (Å²) in [5.74, 6) is 0. The van der Waals surface area contributed by atoms with Gasteiger partial charge in [0.25, 0.3) is 0 Å². The zero-order valence-electron chi connectivity index (χ0n) is 53.6. The molecule has 17 rings (SSSR count). The van der Waals surface area contributed by atoms with Crippen LogP contribution in [-0.4, -0.2) is 4.57 Å². The molecule has 3 heterocycles. The number of benzene rings is 14. The maximum Gasteiger partial charge on any atom is 0.0541 e. The van der Waals surface area contributed by atoms with Crippen LogP contribution >= 0.6 is 22.7 Å². The summed E-state index contributed by atoms with van der Waals surface area (Å²) in [5, 5.41) is 2.47. The van der Waals surface area contributed by atoms with E-state index in [1.807, 2.05) is 22.7 Å². The third kappa shape index (κ3) is 11.9. The Hall–Kier alpha value is -12.3. The molecular formula is C92H64N4S2. The Kier molecular flexibility index (Phi) is 16.0. The number of para-hydroxylation sites is 4. The molecule has 0 aliphatic carbocycles. The smallest absolute Gasteiger partial charge is 0.0541 e. The molecule has 0 spiro atoms. The van der Waals surface area contributed by atoms with E-state index in [0.29, 0.717) is 0 Å². The number of aromatic nitrogens is 1. The number of anilines is 9. The lowest BCUT2D eigenvalue weighted by atomic mass is 10.0. The molecule has 14 aromatic carbocycles. The van der Waals surface area contributed by atoms with E-state index in [9.17, 15) is 0 Å². The Balaban J connectivity index is 0.670. The average Bonchev–Trinajstić information content (AvgIpc) is 1.61. The van der Waals surface area contributed by atoms with Crippen LogP contribution in [0.4, 0.5) is 51.2 Å². The molecule has 4 nitrogen and oxygen atoms in total. The largest absolute Gasteiger partial charge is 0.311 e. The molecule has 0 unspecified atom stereocenters. The van der Waals surface area contributed by atoms with Gasteiger partial charge in [-0.15, -0.1) is 22.7 Å². The van der Waals surface area contributed by atoms with E-state index < -0.39 is 0 Å². The number of thiophene rings is 2. The molecule has 3 aromatic heterocycles. The van der Waals surface area contributed by atoms with Crippen molar-refractivity contribution < 1.29 is 0 Å². The van der Waals surface area contributed by atoms with Gasteiger partial charge in [-0.1, -0.05) is 224 Å². The van der Waals surface area contributed by atoms with Gasteiger partial charge in [-0.2, -0.15) is 0 Å². The highest BCUT2D eigenvalue weighted by Crippen LogP contribution is 2.44. The van der Waals surface area contributed by atoms with Crippen LogP contribution in [0.5, 0.6) is 0 Å². The average molecular weight is 1290 g/mol. The molecule has 6 heteroatoms. The molecule has 0 fully saturated rings. The summed E-state index contributed by atoms with van der Waals surface area (Å²) in [6.07, 6.45) is 0. The molecule has 0 bridgehead atoms. The fraction of sp³-hybridized carbons (Fsp3) is 0. The molecule has 98 heavy (non-hydrogen) atoms. The molecule has 0 amide bonds. The van der Waals surface area contributed by atoms with Crippen LogP contribution in [0.2, 0.25) is 0 Å². The van der Waals surface area contributed by atoms with Gasteiger partial charge in [0.2, 0.25) is 0 Å². The SMILES string of the molecule is c1ccc(-c2ccc(-c3ccc(N(c4ccccc4)c4ccc(-c5ccc(N(c6ccc(-c7ccc(N(c8ccccc8)c8ccc(-c9ccc(-c%10ccccc%10)s9)cc8)cc7)cc6)c6ccc(-c7ccc8c(c7)c7ccccc7n8-c7ccccc7)cc6)cc5)cc4)cc3)s2)cc1. The van der Waals surface area contributed by atoms with Crippen molar-refractivity contribution >= 4 is 95.7 Å². The number of hydrogen-bond donors (Lipinski definition) is 0. The zero-order chi connectivity index (χ0) is 65.1. The summed E-state index contributed by atoms with van der Waals surface area (Å²) in [7, 11) is 0. The molecule has 0 aliphatic heterocycles. The Labute approximate surface area is 580 Å². The van der Waals surface area contributed by atoms with Crippen molar-refractivity contribution in [2.45, 2.75) is 0 Å². The van der Waals surface area contributed by atoms with Crippen molar-refractivity contribution in [3.63, 3.8) is 0 Å². The minimum Gasteiger partial charge on any atom is -0.311 e. The van der Waals surface area contributed by atoms with Crippen molar-refractivity contribution in [3.05, 3.63) is 388 Å². The topological polar surface area (TPSA) is 14.7 Å². The number of fused-ring (bicyclic) bond motifs is 3. The second kappa shape index (κ2) is 26.5. The van der Waals surface area contributed by atoms with Crippen molar-refractivity contribution in [1.82, 2.24) is 4.57 Å². The standard InChI is InChI=1S/C92H64N4S2/c1-6-18-70(19-7-1)89-60-62-91(97-89)72-40-55-83(56-41-72)93(75-22-10-3-11-23-75)78-45-30-65(31-46-78)67-34-49-80(50-35-67)95(82-53-38-69(39-54-82)74-44-59-88-86(64-74)85-28-16-17-29-87(85)96(88)77-26-14-5-15-27-77)81-51-36-68(37-52-81)66-32-47-79(48-33-66)94(76-24-12-4-13-25-76)84-57-42-73(43-58-84)92-63-61-90(98-92)71-20-8-2-9-21-71/h1-64H. The fourth-order valence-electron chi connectivity index (χ4n) is 13.6. The van der Waals surface area contributed by atoms with E-state index in [2.05, 4.69) is 408 Å². The van der Waals surface area contributed by atoms with Gasteiger partial charge in [0.05, 0.1) is 11.0 Å². The van der Waals surface area contributed by atoms with Gasteiger partial charge < -0.3 is 19.3 Å². The van der Waals surface area contributed by atoms with Crippen LogP contribution in [0.1, 0.15) is 0 Å². The third-order valence-electron chi connectivity index (χ3n) is 18.5. The van der Waals surface area contributed by atoms with Crippen LogP contribution < -0.4 is 14.7 Å². The number of hydrogen-bond acceptors (Lipinski definition) is 5. The van der Waals surface area contributed by atoms with Crippen LogP contribution in [0.15, 0.2) is 388 Å². The lowest BCUT2D eigenvalue weighted by Gasteiger charge is -2.27. The molecule has 0 aliphatic rings. The number of nitrogens with zero attached hydrogens (tertiary/aromatic N) is 4. The molecule has 0 saturated heterocycles. The van der Waals surface area contributed by atoms with Gasteiger partial charge in [0.1, 0.15) is 0 Å². The monoisotopic (exact) mass is 1290 g/mol. The Morgan fingerprint density at radius 2 is 0.418 bits per heavy atom. The van der Waals surface area contributed by atoms with E-state index in [1.54, 1.807) is 0 Å². The first kappa shape index (κ1) is 59.4. The second-order valence-electron chi connectivity index (χ2n) is 24.5. The van der Waals surface area contributed by atoms with Crippen molar-refractivity contribution in [2.24, 2.45) is 0 Å². The predicted molar refractivity (Wildman–Crippen MR) is 419 cm³/mol. The Morgan fingerprint density at radius 3 is 0.765 bits per heavy atom. The third-order valence-corrected chi connectivity index (χ3v) is 20.9. The minimum absolute atomic E-state index is 1.06. The summed E-state index contributed by atoms with van der Waals surface area (Å²) >= 11 is 3.65. The molecule has 0 radical (unpaired) electrons. The molecule has 0 N–H and O–H groups in total. The van der Waals surface area contributed by atoms with Crippen molar-refractivity contribution in [3.8, 4) is 80.8 Å². The molecule has 464 valence electrons. The van der Waals surface area contributed by atoms with Gasteiger partial charge in [-0.05, 0) is 219 Å². The first-order valence-electron chi connectivity index (χ1n) is 33.2. The quantitative estimate of drug-likeness (QED) is 0.0903. The van der Waals surface area contributed by atoms with Gasteiger partial charge in [-0.25, -0.2) is 0 Å². The van der Waals surface area contributed by atoms with E-state index in [-0.39, 0.29) is 0 Å². The summed E-state index contributed by atoms with van der Waals surface area (Å²) in [6, 6.07) is 141. The van der Waals surface area contributed by atoms with E-state index in [1.165, 1.54) is 69.1 Å². The van der Waals surface area contributed by atoms with E-state index >= 15 is 0 Å². The lowest BCUT2D eigenvalue weighted by Crippen LogP contribution is -2.10. The van der Waals surface area contributed by atoms with Crippen molar-refractivity contribution in [2.75, 3.05) is 14.7 Å². The Morgan fingerprint density at radius 1 is 0.173 bits per heavy atom. The van der Waals surface area contributed by atoms with Crippen LogP contribution in [0.3, 0.4) is 0 Å². The summed E-state index contributed by atoms with van der Waals surface area (Å²) < 4.78 is 2.37. The lowest BCUT2D eigenvalue weighted by molar-refractivity contribution is 1.18. The summed E-state index contributed by atoms with van der Waals surface area (Å²) in [6.45, 7) is 0. The molecule has 17 aromatic rings. The second-order valence-corrected chi connectivity index (χ2v) is 26.7. The van der Waals surface area contributed by atoms with Gasteiger partial charge >= 0.3 is 0 Å². The van der Waals surface area contributed by atoms with E-state index in [4.69, 9.17) is 0 Å². The highest BCUT2D eigenvalue weighted by atomic mass is 32.1. The minimum atomic E-state index is 1.06. The maximum atomic E-state index is 2.37. The first-order chi connectivity index (χ1) is 48.6. The van der Waals surface area contributed by atoms with Crippen molar-refractivity contribution in [1.29, 1.82) is 0 Å². The Bertz CT molecular complexity index is 5290. The predicted octanol–water partition coefficient (Wildman–Crippen LogP) is 27.0. The van der Waals surface area contributed by atoms with Gasteiger partial charge in [0, 0.05) is 87.2 Å². The highest BCUT2D eigenvalue weighted by molar-refractivity contribution is 7.19. The molecule has 0 saturated carbocycles. The summed E-state index contributed by atoms with van der Waals surface area (Å²) in [5.41, 5.74) is 25.1. The highest BCUT2D eigenvalue weighted by Gasteiger charge is 2.20. The van der Waals surface area contributed by atoms with Gasteiger partial charge in [0.15, 0.2) is 0 Å². The van der Waals surface area contributed by atoms with Gasteiger partial charge in [-0.3, -0.25) is 0 Å². The first-order valence-corrected chi connectivity index (χ1v) is 34.8. The fourth-order valence-corrected chi connectivity index (χ4v) is 15.6.